The Morgan fingerprint density at radius 2 is 1.76 bits per heavy atom. The first-order chi connectivity index (χ1) is 14.2. The fraction of sp³-hybridized carbons (Fsp3) is 0.579. The lowest BCUT2D eigenvalue weighted by molar-refractivity contribution is 0.343. The lowest BCUT2D eigenvalue weighted by Gasteiger charge is -2.32. The zero-order valence-corrected chi connectivity index (χ0v) is 17.1. The fourth-order valence-corrected chi connectivity index (χ4v) is 4.29. The van der Waals surface area contributed by atoms with E-state index in [-0.39, 0.29) is 0 Å². The third kappa shape index (κ3) is 5.43. The van der Waals surface area contributed by atoms with E-state index in [1.165, 1.54) is 25.7 Å². The minimum atomic E-state index is 0.332. The van der Waals surface area contributed by atoms with Gasteiger partial charge in [0, 0.05) is 19.6 Å². The molecule has 29 heavy (non-hydrogen) atoms. The van der Waals surface area contributed by atoms with Crippen molar-refractivity contribution in [3.63, 3.8) is 0 Å². The Morgan fingerprint density at radius 3 is 2.45 bits per heavy atom. The summed E-state index contributed by atoms with van der Waals surface area (Å²) in [6.45, 7) is 3.32. The molecule has 0 bridgehead atoms. The lowest BCUT2D eigenvalue weighted by Crippen LogP contribution is -2.35. The van der Waals surface area contributed by atoms with E-state index in [0.717, 1.165) is 49.2 Å². The van der Waals surface area contributed by atoms with E-state index in [9.17, 15) is 0 Å². The van der Waals surface area contributed by atoms with Crippen LogP contribution >= 0.6 is 11.6 Å². The predicted molar refractivity (Wildman–Crippen MR) is 115 cm³/mol. The van der Waals surface area contributed by atoms with Crippen molar-refractivity contribution in [2.45, 2.75) is 25.7 Å². The normalized spacial score (nSPS) is 21.8. The van der Waals surface area contributed by atoms with E-state index in [4.69, 9.17) is 17.3 Å². The van der Waals surface area contributed by atoms with Gasteiger partial charge in [0.1, 0.15) is 5.82 Å². The smallest absolute Gasteiger partial charge is 0.225 e. The van der Waals surface area contributed by atoms with E-state index in [1.807, 2.05) is 0 Å². The Bertz CT molecular complexity index is 762. The van der Waals surface area contributed by atoms with Crippen LogP contribution in [-0.2, 0) is 0 Å². The second-order valence-electron chi connectivity index (χ2n) is 7.69. The predicted octanol–water partition coefficient (Wildman–Crippen LogP) is 2.11. The number of piperidine rings is 1. The average Bonchev–Trinajstić information content (AvgIpc) is 3.53. The van der Waals surface area contributed by atoms with Crippen LogP contribution in [0.2, 0.25) is 5.02 Å². The number of nitrogens with zero attached hydrogens (tertiary/aromatic N) is 5. The average molecular weight is 418 g/mol. The molecule has 9 nitrogen and oxygen atoms in total. The van der Waals surface area contributed by atoms with Gasteiger partial charge in [0.05, 0.1) is 36.5 Å². The summed E-state index contributed by atoms with van der Waals surface area (Å²) < 4.78 is 0. The van der Waals surface area contributed by atoms with Gasteiger partial charge in [0.25, 0.3) is 0 Å². The molecule has 5 N–H and O–H groups in total. The van der Waals surface area contributed by atoms with E-state index >= 15 is 0 Å². The number of halogens is 1. The van der Waals surface area contributed by atoms with Gasteiger partial charge in [-0.05, 0) is 43.4 Å². The molecule has 1 saturated heterocycles. The van der Waals surface area contributed by atoms with Gasteiger partial charge in [-0.2, -0.15) is 0 Å². The summed E-state index contributed by atoms with van der Waals surface area (Å²) >= 11 is 5.88. The van der Waals surface area contributed by atoms with Crippen LogP contribution in [0.25, 0.3) is 0 Å². The number of nitrogens with two attached hydrogens (primary N) is 1. The Morgan fingerprint density at radius 1 is 1.03 bits per heavy atom. The molecule has 2 aromatic rings. The number of anilines is 3. The van der Waals surface area contributed by atoms with Crippen LogP contribution < -0.4 is 26.8 Å². The van der Waals surface area contributed by atoms with Gasteiger partial charge in [0.2, 0.25) is 5.95 Å². The van der Waals surface area contributed by atoms with Gasteiger partial charge in [-0.15, -0.1) is 0 Å². The summed E-state index contributed by atoms with van der Waals surface area (Å²) in [5.41, 5.74) is 11.0. The van der Waals surface area contributed by atoms with Crippen LogP contribution in [0.4, 0.5) is 17.6 Å². The topological polar surface area (TPSA) is 117 Å². The molecule has 0 aromatic carbocycles. The quantitative estimate of drug-likeness (QED) is 0.359. The summed E-state index contributed by atoms with van der Waals surface area (Å²) in [5, 5.41) is 3.96. The van der Waals surface area contributed by atoms with Crippen molar-refractivity contribution in [1.29, 1.82) is 0 Å². The molecule has 10 heteroatoms. The molecular formula is C19H28ClN9. The van der Waals surface area contributed by atoms with Crippen LogP contribution in [-0.4, -0.2) is 46.2 Å². The molecule has 156 valence electrons. The van der Waals surface area contributed by atoms with Crippen LogP contribution in [0.15, 0.2) is 24.8 Å². The first-order valence-corrected chi connectivity index (χ1v) is 10.6. The van der Waals surface area contributed by atoms with Crippen molar-refractivity contribution in [3.8, 4) is 0 Å². The van der Waals surface area contributed by atoms with E-state index < -0.39 is 0 Å². The second kappa shape index (κ2) is 9.51. The standard InChI is InChI=1S/C19H28ClN9/c20-15-8-25-19(26-9-15)29-5-2-13(3-6-29)16-7-14(16)1-4-22-17-10-24-18(11-23-17)28-27-12-21/h8-11,13-14,16,27H,1-7,12,21H2,(H,22,23)(H,24,28). The van der Waals surface area contributed by atoms with Crippen molar-refractivity contribution in [3.05, 3.63) is 29.8 Å². The molecule has 0 spiro atoms. The third-order valence-corrected chi connectivity index (χ3v) is 6.00. The molecule has 0 amide bonds. The van der Waals surface area contributed by atoms with Crippen LogP contribution in [0.5, 0.6) is 0 Å². The summed E-state index contributed by atoms with van der Waals surface area (Å²) in [4.78, 5) is 19.6. The number of nitrogens with one attached hydrogen (secondary N) is 3. The first-order valence-electron chi connectivity index (χ1n) is 10.2. The molecule has 2 aromatic heterocycles. The molecule has 1 saturated carbocycles. The number of hydrogen-bond donors (Lipinski definition) is 4. The summed E-state index contributed by atoms with van der Waals surface area (Å²) in [6, 6.07) is 0. The lowest BCUT2D eigenvalue weighted by atomic mass is 9.90. The zero-order chi connectivity index (χ0) is 20.1. The largest absolute Gasteiger partial charge is 0.369 e. The molecule has 4 rings (SSSR count). The maximum Gasteiger partial charge on any atom is 0.225 e. The monoisotopic (exact) mass is 417 g/mol. The summed E-state index contributed by atoms with van der Waals surface area (Å²) in [5.74, 6) is 4.77. The molecular weight excluding hydrogens is 390 g/mol. The molecule has 2 unspecified atom stereocenters. The van der Waals surface area contributed by atoms with E-state index in [0.29, 0.717) is 17.5 Å². The van der Waals surface area contributed by atoms with Gasteiger partial charge in [0.15, 0.2) is 5.82 Å². The zero-order valence-electron chi connectivity index (χ0n) is 16.4. The number of hydrogen-bond acceptors (Lipinski definition) is 9. The molecule has 2 atom stereocenters. The highest BCUT2D eigenvalue weighted by Gasteiger charge is 2.43. The summed E-state index contributed by atoms with van der Waals surface area (Å²) in [6.07, 6.45) is 11.7. The maximum absolute atomic E-state index is 5.88. The van der Waals surface area contributed by atoms with Gasteiger partial charge in [-0.3, -0.25) is 0 Å². The summed E-state index contributed by atoms with van der Waals surface area (Å²) in [7, 11) is 0. The van der Waals surface area contributed by atoms with Crippen molar-refractivity contribution in [1.82, 2.24) is 25.4 Å². The Hall–Kier alpha value is -2.23. The molecule has 3 heterocycles. The minimum absolute atomic E-state index is 0.332. The molecule has 2 aliphatic rings. The van der Waals surface area contributed by atoms with Crippen molar-refractivity contribution in [2.24, 2.45) is 23.5 Å². The van der Waals surface area contributed by atoms with E-state index in [2.05, 4.69) is 41.0 Å². The number of rotatable bonds is 9. The Balaban J connectivity index is 1.14. The maximum atomic E-state index is 5.88. The van der Waals surface area contributed by atoms with Crippen LogP contribution in [0.1, 0.15) is 25.7 Å². The molecule has 1 aliphatic heterocycles. The van der Waals surface area contributed by atoms with Crippen molar-refractivity contribution in [2.75, 3.05) is 41.9 Å². The van der Waals surface area contributed by atoms with Crippen molar-refractivity contribution >= 4 is 29.2 Å². The Labute approximate surface area is 175 Å². The van der Waals surface area contributed by atoms with Gasteiger partial charge in [-0.1, -0.05) is 11.6 Å². The molecule has 1 aliphatic carbocycles. The molecule has 0 radical (unpaired) electrons. The first kappa shape index (κ1) is 20.1. The fourth-order valence-electron chi connectivity index (χ4n) is 4.19. The number of hydrazine groups is 1. The van der Waals surface area contributed by atoms with Crippen LogP contribution in [0.3, 0.4) is 0 Å². The van der Waals surface area contributed by atoms with E-state index in [1.54, 1.807) is 24.8 Å². The van der Waals surface area contributed by atoms with Gasteiger partial charge in [-0.25, -0.2) is 25.4 Å². The van der Waals surface area contributed by atoms with Crippen LogP contribution in [0, 0.1) is 17.8 Å². The minimum Gasteiger partial charge on any atom is -0.369 e. The highest BCUT2D eigenvalue weighted by atomic mass is 35.5. The van der Waals surface area contributed by atoms with Gasteiger partial charge < -0.3 is 21.4 Å². The third-order valence-electron chi connectivity index (χ3n) is 5.80. The highest BCUT2D eigenvalue weighted by molar-refractivity contribution is 6.30. The highest BCUT2D eigenvalue weighted by Crippen LogP contribution is 2.49. The second-order valence-corrected chi connectivity index (χ2v) is 8.13. The SMILES string of the molecule is NCNNc1cnc(NCCC2CC2C2CCN(c3ncc(Cl)cn3)CC2)cn1. The number of aromatic nitrogens is 4. The molecule has 2 fully saturated rings. The van der Waals surface area contributed by atoms with Crippen molar-refractivity contribution < 1.29 is 0 Å². The Kier molecular flexibility index (Phi) is 6.58. The van der Waals surface area contributed by atoms with Gasteiger partial charge >= 0.3 is 0 Å².